The topological polar surface area (TPSA) is 35.2 Å². The molecule has 0 heterocycles. The van der Waals surface area contributed by atoms with Gasteiger partial charge in [0.2, 0.25) is 0 Å². The van der Waals surface area contributed by atoms with Crippen LogP contribution in [-0.4, -0.2) is 12.6 Å². The Morgan fingerprint density at radius 1 is 1.29 bits per heavy atom. The Labute approximate surface area is 130 Å². The molecule has 0 amide bonds. The Balaban J connectivity index is 2.10. The second kappa shape index (κ2) is 6.83. The first-order valence-electron chi connectivity index (χ1n) is 8.39. The molecule has 1 aliphatic carbocycles. The molecule has 2 rings (SSSR count). The van der Waals surface area contributed by atoms with Crippen LogP contribution in [0.1, 0.15) is 52.0 Å². The molecule has 0 bridgehead atoms. The summed E-state index contributed by atoms with van der Waals surface area (Å²) < 4.78 is 6.33. The standard InChI is InChI=1S/C19H31NO/c1-5-19(3,4)16-10-9-15(13-20)18(12-16)21-17-8-6-7-14(2)11-17/h6-8,11,15-16,18H,5,9-10,12-13,20H2,1-4H3. The van der Waals surface area contributed by atoms with E-state index < -0.39 is 0 Å². The fourth-order valence-corrected chi connectivity index (χ4v) is 3.47. The maximum Gasteiger partial charge on any atom is 0.119 e. The Kier molecular flexibility index (Phi) is 5.32. The van der Waals surface area contributed by atoms with E-state index in [2.05, 4.69) is 52.0 Å². The molecule has 0 spiro atoms. The number of benzene rings is 1. The van der Waals surface area contributed by atoms with E-state index in [-0.39, 0.29) is 6.10 Å². The summed E-state index contributed by atoms with van der Waals surface area (Å²) in [6, 6.07) is 8.37. The fraction of sp³-hybridized carbons (Fsp3) is 0.684. The normalized spacial score (nSPS) is 26.6. The van der Waals surface area contributed by atoms with Crippen LogP contribution < -0.4 is 10.5 Å². The highest BCUT2D eigenvalue weighted by Gasteiger charge is 2.37. The van der Waals surface area contributed by atoms with Gasteiger partial charge in [0.05, 0.1) is 0 Å². The monoisotopic (exact) mass is 289 g/mol. The number of ether oxygens (including phenoxy) is 1. The van der Waals surface area contributed by atoms with Gasteiger partial charge in [-0.05, 0) is 61.8 Å². The minimum atomic E-state index is 0.265. The van der Waals surface area contributed by atoms with Gasteiger partial charge in [0.1, 0.15) is 11.9 Å². The lowest BCUT2D eigenvalue weighted by atomic mass is 9.66. The van der Waals surface area contributed by atoms with Crippen LogP contribution in [0.4, 0.5) is 0 Å². The van der Waals surface area contributed by atoms with E-state index in [1.165, 1.54) is 24.8 Å². The van der Waals surface area contributed by atoms with Gasteiger partial charge < -0.3 is 10.5 Å². The van der Waals surface area contributed by atoms with Crippen molar-refractivity contribution in [1.82, 2.24) is 0 Å². The van der Waals surface area contributed by atoms with Gasteiger partial charge >= 0.3 is 0 Å². The molecular formula is C19H31NO. The molecule has 21 heavy (non-hydrogen) atoms. The van der Waals surface area contributed by atoms with Gasteiger partial charge in [-0.2, -0.15) is 0 Å². The number of aryl methyl sites for hydroxylation is 1. The summed E-state index contributed by atoms with van der Waals surface area (Å²) >= 11 is 0. The predicted molar refractivity (Wildman–Crippen MR) is 89.6 cm³/mol. The highest BCUT2D eigenvalue weighted by molar-refractivity contribution is 5.27. The Bertz CT molecular complexity index is 455. The molecule has 2 heteroatoms. The number of nitrogens with two attached hydrogens (primary N) is 1. The summed E-state index contributed by atoms with van der Waals surface area (Å²) in [5.74, 6) is 2.22. The molecule has 3 atom stereocenters. The number of hydrogen-bond acceptors (Lipinski definition) is 2. The fourth-order valence-electron chi connectivity index (χ4n) is 3.47. The molecule has 2 N–H and O–H groups in total. The average Bonchev–Trinajstić information content (AvgIpc) is 2.47. The van der Waals surface area contributed by atoms with Crippen molar-refractivity contribution in [3.8, 4) is 5.75 Å². The summed E-state index contributed by atoms with van der Waals surface area (Å²) in [6.07, 6.45) is 5.11. The maximum atomic E-state index is 6.33. The quantitative estimate of drug-likeness (QED) is 0.863. The molecule has 118 valence electrons. The zero-order valence-electron chi connectivity index (χ0n) is 14.1. The predicted octanol–water partition coefficient (Wildman–Crippen LogP) is 4.55. The Hall–Kier alpha value is -1.02. The van der Waals surface area contributed by atoms with Crippen LogP contribution in [-0.2, 0) is 0 Å². The molecule has 2 nitrogen and oxygen atoms in total. The molecule has 0 radical (unpaired) electrons. The van der Waals surface area contributed by atoms with Crippen LogP contribution in [0, 0.1) is 24.2 Å². The highest BCUT2D eigenvalue weighted by Crippen LogP contribution is 2.43. The zero-order valence-corrected chi connectivity index (χ0v) is 14.1. The van der Waals surface area contributed by atoms with Gasteiger partial charge in [-0.25, -0.2) is 0 Å². The molecule has 3 unspecified atom stereocenters. The molecule has 1 aromatic rings. The van der Waals surface area contributed by atoms with Gasteiger partial charge in [0.25, 0.3) is 0 Å². The molecular weight excluding hydrogens is 258 g/mol. The first kappa shape index (κ1) is 16.4. The minimum absolute atomic E-state index is 0.265. The molecule has 1 aromatic carbocycles. The van der Waals surface area contributed by atoms with Crippen LogP contribution in [0.5, 0.6) is 5.75 Å². The second-order valence-corrected chi connectivity index (χ2v) is 7.32. The molecule has 1 aliphatic rings. The van der Waals surface area contributed by atoms with E-state index in [4.69, 9.17) is 10.5 Å². The lowest BCUT2D eigenvalue weighted by Gasteiger charge is -2.42. The van der Waals surface area contributed by atoms with Crippen molar-refractivity contribution in [1.29, 1.82) is 0 Å². The SMILES string of the molecule is CCC(C)(C)C1CCC(CN)C(Oc2cccc(C)c2)C1. The number of rotatable bonds is 5. The highest BCUT2D eigenvalue weighted by atomic mass is 16.5. The van der Waals surface area contributed by atoms with Crippen LogP contribution >= 0.6 is 0 Å². The van der Waals surface area contributed by atoms with Crippen molar-refractivity contribution in [2.24, 2.45) is 23.0 Å². The summed E-state index contributed by atoms with van der Waals surface area (Å²) in [5.41, 5.74) is 7.63. The Morgan fingerprint density at radius 2 is 2.05 bits per heavy atom. The third-order valence-electron chi connectivity index (χ3n) is 5.52. The average molecular weight is 289 g/mol. The lowest BCUT2D eigenvalue weighted by molar-refractivity contribution is 0.0259. The van der Waals surface area contributed by atoms with E-state index >= 15 is 0 Å². The van der Waals surface area contributed by atoms with Crippen molar-refractivity contribution < 1.29 is 4.74 Å². The van der Waals surface area contributed by atoms with Crippen LogP contribution in [0.25, 0.3) is 0 Å². The van der Waals surface area contributed by atoms with Crippen molar-refractivity contribution in [3.63, 3.8) is 0 Å². The first-order chi connectivity index (χ1) is 9.96. The van der Waals surface area contributed by atoms with Crippen molar-refractivity contribution >= 4 is 0 Å². The molecule has 1 saturated carbocycles. The van der Waals surface area contributed by atoms with Crippen LogP contribution in [0.15, 0.2) is 24.3 Å². The van der Waals surface area contributed by atoms with Gasteiger partial charge in [-0.1, -0.05) is 39.3 Å². The molecule has 0 saturated heterocycles. The zero-order chi connectivity index (χ0) is 15.5. The minimum Gasteiger partial charge on any atom is -0.490 e. The number of hydrogen-bond donors (Lipinski definition) is 1. The maximum absolute atomic E-state index is 6.33. The van der Waals surface area contributed by atoms with E-state index in [0.717, 1.165) is 24.6 Å². The van der Waals surface area contributed by atoms with Crippen molar-refractivity contribution in [2.75, 3.05) is 6.54 Å². The smallest absolute Gasteiger partial charge is 0.119 e. The third-order valence-corrected chi connectivity index (χ3v) is 5.52. The first-order valence-corrected chi connectivity index (χ1v) is 8.39. The summed E-state index contributed by atoms with van der Waals surface area (Å²) in [4.78, 5) is 0. The third kappa shape index (κ3) is 4.00. The lowest BCUT2D eigenvalue weighted by Crippen LogP contribution is -2.42. The van der Waals surface area contributed by atoms with Gasteiger partial charge in [-0.3, -0.25) is 0 Å². The van der Waals surface area contributed by atoms with Crippen LogP contribution in [0.2, 0.25) is 0 Å². The van der Waals surface area contributed by atoms with Gasteiger partial charge in [0.15, 0.2) is 0 Å². The van der Waals surface area contributed by atoms with Crippen LogP contribution in [0.3, 0.4) is 0 Å². The van der Waals surface area contributed by atoms with Crippen molar-refractivity contribution in [2.45, 2.75) is 59.5 Å². The van der Waals surface area contributed by atoms with E-state index in [1.54, 1.807) is 0 Å². The van der Waals surface area contributed by atoms with E-state index in [0.29, 0.717) is 11.3 Å². The molecule has 0 aromatic heterocycles. The summed E-state index contributed by atoms with van der Waals surface area (Å²) in [6.45, 7) is 9.92. The summed E-state index contributed by atoms with van der Waals surface area (Å²) in [7, 11) is 0. The molecule has 0 aliphatic heterocycles. The van der Waals surface area contributed by atoms with E-state index in [9.17, 15) is 0 Å². The summed E-state index contributed by atoms with van der Waals surface area (Å²) in [5, 5.41) is 0. The van der Waals surface area contributed by atoms with E-state index in [1.807, 2.05) is 0 Å². The molecule has 1 fully saturated rings. The van der Waals surface area contributed by atoms with Gasteiger partial charge in [0, 0.05) is 5.92 Å². The largest absolute Gasteiger partial charge is 0.490 e. The van der Waals surface area contributed by atoms with Crippen molar-refractivity contribution in [3.05, 3.63) is 29.8 Å². The second-order valence-electron chi connectivity index (χ2n) is 7.32. The van der Waals surface area contributed by atoms with Gasteiger partial charge in [-0.15, -0.1) is 0 Å². The Morgan fingerprint density at radius 3 is 2.67 bits per heavy atom.